The van der Waals surface area contributed by atoms with Crippen LogP contribution in [0.2, 0.25) is 10.2 Å². The molecule has 1 aliphatic heterocycles. The molecule has 9 heteroatoms. The van der Waals surface area contributed by atoms with Crippen LogP contribution in [-0.4, -0.2) is 48.1 Å². The van der Waals surface area contributed by atoms with Crippen LogP contribution >= 0.6 is 35.0 Å². The molecule has 2 fully saturated rings. The van der Waals surface area contributed by atoms with Crippen molar-refractivity contribution in [3.63, 3.8) is 0 Å². The van der Waals surface area contributed by atoms with Crippen molar-refractivity contribution in [1.82, 2.24) is 15.3 Å². The van der Waals surface area contributed by atoms with Gasteiger partial charge in [0.25, 0.3) is 5.91 Å². The SMILES string of the molecule is O=C(NC1CC1)c1cccc(CSc2nc(Cl)cc(N3CCN(c4ccccc4Cl)CC3)n2)c1. The lowest BCUT2D eigenvalue weighted by Crippen LogP contribution is -2.47. The maximum Gasteiger partial charge on any atom is 0.251 e. The van der Waals surface area contributed by atoms with Gasteiger partial charge in [-0.3, -0.25) is 4.79 Å². The van der Waals surface area contributed by atoms with Crippen LogP contribution < -0.4 is 15.1 Å². The summed E-state index contributed by atoms with van der Waals surface area (Å²) in [6.07, 6.45) is 2.15. The fourth-order valence-electron chi connectivity index (χ4n) is 3.94. The largest absolute Gasteiger partial charge is 0.367 e. The van der Waals surface area contributed by atoms with Gasteiger partial charge in [0.15, 0.2) is 5.16 Å². The number of benzene rings is 2. The van der Waals surface area contributed by atoms with Crippen molar-refractivity contribution in [2.75, 3.05) is 36.0 Å². The first kappa shape index (κ1) is 23.3. The Morgan fingerprint density at radius 1 is 0.971 bits per heavy atom. The molecular formula is C25H25Cl2N5OS. The lowest BCUT2D eigenvalue weighted by molar-refractivity contribution is 0.0951. The minimum Gasteiger partial charge on any atom is -0.367 e. The molecule has 2 aromatic carbocycles. The summed E-state index contributed by atoms with van der Waals surface area (Å²) in [6.45, 7) is 3.34. The molecule has 1 saturated heterocycles. The minimum absolute atomic E-state index is 0.00780. The Kier molecular flexibility index (Phi) is 7.13. The zero-order valence-electron chi connectivity index (χ0n) is 18.6. The third-order valence-corrected chi connectivity index (χ3v) is 7.36. The number of rotatable bonds is 7. The van der Waals surface area contributed by atoms with Crippen LogP contribution in [0.15, 0.2) is 59.8 Å². The zero-order valence-corrected chi connectivity index (χ0v) is 20.9. The summed E-state index contributed by atoms with van der Waals surface area (Å²) in [5.74, 6) is 1.48. The molecule has 0 unspecified atom stereocenters. The van der Waals surface area contributed by atoms with Crippen molar-refractivity contribution in [3.8, 4) is 0 Å². The van der Waals surface area contributed by atoms with E-state index in [9.17, 15) is 4.79 Å². The van der Waals surface area contributed by atoms with Gasteiger partial charge < -0.3 is 15.1 Å². The monoisotopic (exact) mass is 513 g/mol. The van der Waals surface area contributed by atoms with E-state index in [2.05, 4.69) is 26.2 Å². The summed E-state index contributed by atoms with van der Waals surface area (Å²) in [5, 5.41) is 4.86. The molecule has 0 atom stereocenters. The highest BCUT2D eigenvalue weighted by molar-refractivity contribution is 7.98. The summed E-state index contributed by atoms with van der Waals surface area (Å²) in [6, 6.07) is 17.8. The van der Waals surface area contributed by atoms with Gasteiger partial charge in [0, 0.05) is 49.6 Å². The molecule has 1 aliphatic carbocycles. The van der Waals surface area contributed by atoms with Gasteiger partial charge in [-0.15, -0.1) is 0 Å². The second-order valence-corrected chi connectivity index (χ2v) is 10.2. The number of amides is 1. The average Bonchev–Trinajstić information content (AvgIpc) is 3.67. The number of carbonyl (C=O) groups is 1. The van der Waals surface area contributed by atoms with E-state index in [1.807, 2.05) is 48.5 Å². The third kappa shape index (κ3) is 5.77. The van der Waals surface area contributed by atoms with E-state index in [1.54, 1.807) is 0 Å². The molecule has 0 spiro atoms. The number of nitrogens with zero attached hydrogens (tertiary/aromatic N) is 4. The van der Waals surface area contributed by atoms with Gasteiger partial charge in [0.2, 0.25) is 0 Å². The van der Waals surface area contributed by atoms with E-state index in [4.69, 9.17) is 28.2 Å². The number of hydrogen-bond acceptors (Lipinski definition) is 6. The van der Waals surface area contributed by atoms with E-state index in [1.165, 1.54) is 11.8 Å². The Morgan fingerprint density at radius 3 is 2.50 bits per heavy atom. The van der Waals surface area contributed by atoms with Crippen molar-refractivity contribution < 1.29 is 4.79 Å². The lowest BCUT2D eigenvalue weighted by Gasteiger charge is -2.37. The molecule has 1 saturated carbocycles. The van der Waals surface area contributed by atoms with Crippen LogP contribution in [0.1, 0.15) is 28.8 Å². The standard InChI is InChI=1S/C25H25Cl2N5OS/c26-20-6-1-2-7-21(20)31-10-12-32(13-11-31)23-15-22(27)29-25(30-23)34-16-17-4-3-5-18(14-17)24(33)28-19-8-9-19/h1-7,14-15,19H,8-13,16H2,(H,28,33). The fourth-order valence-corrected chi connectivity index (χ4v) is 5.22. The molecule has 3 aromatic rings. The van der Waals surface area contributed by atoms with Crippen molar-refractivity contribution >= 4 is 52.4 Å². The van der Waals surface area contributed by atoms with E-state index in [0.29, 0.717) is 27.7 Å². The highest BCUT2D eigenvalue weighted by atomic mass is 35.5. The number of para-hydroxylation sites is 1. The topological polar surface area (TPSA) is 61.4 Å². The first-order chi connectivity index (χ1) is 16.5. The van der Waals surface area contributed by atoms with Crippen LogP contribution in [0.3, 0.4) is 0 Å². The summed E-state index contributed by atoms with van der Waals surface area (Å²) in [4.78, 5) is 26.0. The number of carbonyl (C=O) groups excluding carboxylic acids is 1. The van der Waals surface area contributed by atoms with Gasteiger partial charge >= 0.3 is 0 Å². The quantitative estimate of drug-likeness (QED) is 0.263. The van der Waals surface area contributed by atoms with Gasteiger partial charge in [-0.25, -0.2) is 9.97 Å². The third-order valence-electron chi connectivity index (χ3n) is 5.93. The molecule has 5 rings (SSSR count). The molecule has 6 nitrogen and oxygen atoms in total. The van der Waals surface area contributed by atoms with E-state index in [0.717, 1.165) is 61.1 Å². The summed E-state index contributed by atoms with van der Waals surface area (Å²) in [7, 11) is 0. The summed E-state index contributed by atoms with van der Waals surface area (Å²) < 4.78 is 0. The van der Waals surface area contributed by atoms with Crippen LogP contribution in [0.5, 0.6) is 0 Å². The highest BCUT2D eigenvalue weighted by Gasteiger charge is 2.24. The highest BCUT2D eigenvalue weighted by Crippen LogP contribution is 2.29. The Morgan fingerprint density at radius 2 is 1.74 bits per heavy atom. The van der Waals surface area contributed by atoms with Crippen molar-refractivity contribution in [1.29, 1.82) is 0 Å². The lowest BCUT2D eigenvalue weighted by atomic mass is 10.1. The molecule has 176 valence electrons. The van der Waals surface area contributed by atoms with Gasteiger partial charge in [0.1, 0.15) is 11.0 Å². The second-order valence-electron chi connectivity index (χ2n) is 8.49. The maximum atomic E-state index is 12.3. The van der Waals surface area contributed by atoms with E-state index in [-0.39, 0.29) is 5.91 Å². The van der Waals surface area contributed by atoms with Crippen molar-refractivity contribution in [3.05, 3.63) is 75.9 Å². The van der Waals surface area contributed by atoms with Crippen LogP contribution in [0.25, 0.3) is 0 Å². The molecule has 1 N–H and O–H groups in total. The molecule has 1 amide bonds. The van der Waals surface area contributed by atoms with E-state index >= 15 is 0 Å². The van der Waals surface area contributed by atoms with Crippen LogP contribution in [-0.2, 0) is 5.75 Å². The summed E-state index contributed by atoms with van der Waals surface area (Å²) >= 11 is 14.2. The Hall–Kier alpha value is -2.48. The molecule has 2 heterocycles. The molecular weight excluding hydrogens is 489 g/mol. The number of thioether (sulfide) groups is 1. The van der Waals surface area contributed by atoms with Crippen LogP contribution in [0.4, 0.5) is 11.5 Å². The maximum absolute atomic E-state index is 12.3. The van der Waals surface area contributed by atoms with Gasteiger partial charge in [-0.2, -0.15) is 0 Å². The van der Waals surface area contributed by atoms with Crippen LogP contribution in [0, 0.1) is 0 Å². The molecule has 1 aromatic heterocycles. The van der Waals surface area contributed by atoms with E-state index < -0.39 is 0 Å². The van der Waals surface area contributed by atoms with Crippen molar-refractivity contribution in [2.45, 2.75) is 29.8 Å². The minimum atomic E-state index is -0.00780. The molecule has 0 bridgehead atoms. The molecule has 0 radical (unpaired) electrons. The number of piperazine rings is 1. The van der Waals surface area contributed by atoms with Crippen molar-refractivity contribution in [2.24, 2.45) is 0 Å². The predicted octanol–water partition coefficient (Wildman–Crippen LogP) is 5.29. The normalized spacial score (nSPS) is 15.9. The molecule has 2 aliphatic rings. The Labute approximate surface area is 213 Å². The number of anilines is 2. The Balaban J connectivity index is 1.21. The number of nitrogens with one attached hydrogen (secondary N) is 1. The smallest absolute Gasteiger partial charge is 0.251 e. The fraction of sp³-hybridized carbons (Fsp3) is 0.320. The first-order valence-electron chi connectivity index (χ1n) is 11.4. The number of aromatic nitrogens is 2. The zero-order chi connectivity index (χ0) is 23.5. The number of hydrogen-bond donors (Lipinski definition) is 1. The van der Waals surface area contributed by atoms with Gasteiger partial charge in [-0.05, 0) is 42.7 Å². The van der Waals surface area contributed by atoms with Gasteiger partial charge in [-0.1, -0.05) is 59.2 Å². The first-order valence-corrected chi connectivity index (χ1v) is 13.1. The average molecular weight is 514 g/mol. The predicted molar refractivity (Wildman–Crippen MR) is 139 cm³/mol. The second kappa shape index (κ2) is 10.4. The van der Waals surface area contributed by atoms with Gasteiger partial charge in [0.05, 0.1) is 10.7 Å². The summed E-state index contributed by atoms with van der Waals surface area (Å²) in [5.41, 5.74) is 2.80. The molecule has 34 heavy (non-hydrogen) atoms. The number of halogens is 2. The Bertz CT molecular complexity index is 1180.